The quantitative estimate of drug-likeness (QED) is 0.750. The van der Waals surface area contributed by atoms with Gasteiger partial charge in [-0.15, -0.1) is 0 Å². The van der Waals surface area contributed by atoms with Crippen LogP contribution in [-0.4, -0.2) is 39.0 Å². The molecule has 0 radical (unpaired) electrons. The van der Waals surface area contributed by atoms with Crippen LogP contribution in [-0.2, 0) is 10.0 Å². The highest BCUT2D eigenvalue weighted by atomic mass is 35.5. The second-order valence-electron chi connectivity index (χ2n) is 4.94. The third-order valence-electron chi connectivity index (χ3n) is 3.43. The molecule has 112 valence electrons. The van der Waals surface area contributed by atoms with Crippen LogP contribution in [0.3, 0.4) is 0 Å². The van der Waals surface area contributed by atoms with Gasteiger partial charge in [0.15, 0.2) is 0 Å². The Morgan fingerprint density at radius 3 is 2.75 bits per heavy atom. The number of benzene rings is 1. The monoisotopic (exact) mass is 317 g/mol. The summed E-state index contributed by atoms with van der Waals surface area (Å²) in [6.45, 7) is 4.10. The van der Waals surface area contributed by atoms with Crippen molar-refractivity contribution in [3.63, 3.8) is 0 Å². The Balaban J connectivity index is 1.98. The van der Waals surface area contributed by atoms with E-state index in [4.69, 9.17) is 17.3 Å². The lowest BCUT2D eigenvalue weighted by atomic mass is 10.3. The third-order valence-corrected chi connectivity index (χ3v) is 5.18. The summed E-state index contributed by atoms with van der Waals surface area (Å²) in [7, 11) is -3.61. The number of sulfonamides is 1. The first-order chi connectivity index (χ1) is 9.44. The number of hydrogen-bond donors (Lipinski definition) is 2. The van der Waals surface area contributed by atoms with Crippen molar-refractivity contribution in [3.05, 3.63) is 23.2 Å². The van der Waals surface area contributed by atoms with Gasteiger partial charge in [-0.25, -0.2) is 13.1 Å². The van der Waals surface area contributed by atoms with Crippen LogP contribution < -0.4 is 10.5 Å². The second-order valence-corrected chi connectivity index (χ2v) is 7.11. The Bertz CT molecular complexity index is 573. The molecule has 1 fully saturated rings. The first kappa shape index (κ1) is 15.6. The molecule has 3 N–H and O–H groups in total. The third kappa shape index (κ3) is 3.85. The fourth-order valence-electron chi connectivity index (χ4n) is 2.18. The highest BCUT2D eigenvalue weighted by Gasteiger charge is 2.27. The normalized spacial score (nSPS) is 15.8. The molecular weight excluding hydrogens is 298 g/mol. The van der Waals surface area contributed by atoms with Crippen molar-refractivity contribution in [1.29, 1.82) is 0 Å². The Hall–Kier alpha value is -0.820. The maximum atomic E-state index is 12.2. The van der Waals surface area contributed by atoms with Gasteiger partial charge in [-0.1, -0.05) is 18.5 Å². The van der Waals surface area contributed by atoms with Crippen LogP contribution in [0.4, 0.5) is 5.69 Å². The zero-order valence-electron chi connectivity index (χ0n) is 11.5. The summed E-state index contributed by atoms with van der Waals surface area (Å²) in [4.78, 5) is 2.32. The van der Waals surface area contributed by atoms with Crippen molar-refractivity contribution in [1.82, 2.24) is 9.62 Å². The average molecular weight is 318 g/mol. The van der Waals surface area contributed by atoms with Gasteiger partial charge in [0, 0.05) is 24.2 Å². The van der Waals surface area contributed by atoms with Crippen molar-refractivity contribution in [3.8, 4) is 0 Å². The van der Waals surface area contributed by atoms with E-state index in [0.717, 1.165) is 6.54 Å². The van der Waals surface area contributed by atoms with E-state index in [1.165, 1.54) is 25.0 Å². The molecule has 0 saturated heterocycles. The molecule has 1 saturated carbocycles. The molecule has 0 atom stereocenters. The van der Waals surface area contributed by atoms with Crippen molar-refractivity contribution in [2.75, 3.05) is 25.4 Å². The summed E-state index contributed by atoms with van der Waals surface area (Å²) in [5, 5.41) is 0.354. The van der Waals surface area contributed by atoms with Crippen LogP contribution in [0.5, 0.6) is 0 Å². The van der Waals surface area contributed by atoms with E-state index in [9.17, 15) is 8.42 Å². The van der Waals surface area contributed by atoms with E-state index in [1.807, 2.05) is 0 Å². The summed E-state index contributed by atoms with van der Waals surface area (Å²) in [5.41, 5.74) is 5.91. The van der Waals surface area contributed by atoms with Gasteiger partial charge in [0.05, 0.1) is 5.69 Å². The SMILES string of the molecule is CCN(CCNS(=O)(=O)c1cc(Cl)ccc1N)C1CC1. The number of nitrogen functional groups attached to an aromatic ring is 1. The molecule has 1 aromatic carbocycles. The van der Waals surface area contributed by atoms with Crippen LogP contribution >= 0.6 is 11.6 Å². The summed E-state index contributed by atoms with van der Waals surface area (Å²) in [6.07, 6.45) is 2.42. The minimum atomic E-state index is -3.61. The van der Waals surface area contributed by atoms with Gasteiger partial charge < -0.3 is 5.73 Å². The first-order valence-electron chi connectivity index (χ1n) is 6.73. The Kier molecular flexibility index (Phi) is 4.90. The predicted molar refractivity (Wildman–Crippen MR) is 81.3 cm³/mol. The Morgan fingerprint density at radius 2 is 2.15 bits per heavy atom. The molecule has 0 spiro atoms. The van der Waals surface area contributed by atoms with Crippen molar-refractivity contribution in [2.45, 2.75) is 30.7 Å². The van der Waals surface area contributed by atoms with Gasteiger partial charge in [0.1, 0.15) is 4.90 Å². The number of halogens is 1. The summed E-state index contributed by atoms with van der Waals surface area (Å²) in [5.74, 6) is 0. The summed E-state index contributed by atoms with van der Waals surface area (Å²) in [6, 6.07) is 5.07. The minimum Gasteiger partial charge on any atom is -0.398 e. The van der Waals surface area contributed by atoms with E-state index in [-0.39, 0.29) is 10.6 Å². The maximum Gasteiger partial charge on any atom is 0.242 e. The molecule has 0 bridgehead atoms. The zero-order valence-corrected chi connectivity index (χ0v) is 13.0. The minimum absolute atomic E-state index is 0.0412. The number of nitrogens with two attached hydrogens (primary N) is 1. The van der Waals surface area contributed by atoms with Crippen molar-refractivity contribution < 1.29 is 8.42 Å². The Morgan fingerprint density at radius 1 is 1.45 bits per heavy atom. The van der Waals surface area contributed by atoms with Crippen LogP contribution in [0.1, 0.15) is 19.8 Å². The molecule has 0 amide bonds. The molecule has 0 unspecified atom stereocenters. The van der Waals surface area contributed by atoms with E-state index in [0.29, 0.717) is 24.2 Å². The smallest absolute Gasteiger partial charge is 0.242 e. The van der Waals surface area contributed by atoms with Crippen LogP contribution in [0, 0.1) is 0 Å². The summed E-state index contributed by atoms with van der Waals surface area (Å²) < 4.78 is 27.0. The highest BCUT2D eigenvalue weighted by Crippen LogP contribution is 2.26. The molecule has 2 rings (SSSR count). The van der Waals surface area contributed by atoms with Gasteiger partial charge >= 0.3 is 0 Å². The summed E-state index contributed by atoms with van der Waals surface area (Å²) >= 11 is 5.82. The molecular formula is C13H20ClN3O2S. The fourth-order valence-corrected chi connectivity index (χ4v) is 3.59. The predicted octanol–water partition coefficient (Wildman–Crippen LogP) is 1.68. The largest absolute Gasteiger partial charge is 0.398 e. The molecule has 0 aliphatic heterocycles. The fraction of sp³-hybridized carbons (Fsp3) is 0.538. The standard InChI is InChI=1S/C13H20ClN3O2S/c1-2-17(11-4-5-11)8-7-16-20(18,19)13-9-10(14)3-6-12(13)15/h3,6,9,11,16H,2,4-5,7-8,15H2,1H3. The first-order valence-corrected chi connectivity index (χ1v) is 8.59. The van der Waals surface area contributed by atoms with E-state index in [2.05, 4.69) is 16.5 Å². The van der Waals surface area contributed by atoms with E-state index < -0.39 is 10.0 Å². The lowest BCUT2D eigenvalue weighted by Crippen LogP contribution is -2.36. The molecule has 7 heteroatoms. The van der Waals surface area contributed by atoms with Crippen LogP contribution in [0.15, 0.2) is 23.1 Å². The lowest BCUT2D eigenvalue weighted by molar-refractivity contribution is 0.282. The molecule has 1 aliphatic carbocycles. The van der Waals surface area contributed by atoms with Gasteiger partial charge in [0.2, 0.25) is 10.0 Å². The number of rotatable bonds is 7. The Labute approximate surface area is 125 Å². The van der Waals surface area contributed by atoms with E-state index >= 15 is 0 Å². The topological polar surface area (TPSA) is 75.4 Å². The zero-order chi connectivity index (χ0) is 14.8. The van der Waals surface area contributed by atoms with Crippen molar-refractivity contribution in [2.24, 2.45) is 0 Å². The van der Waals surface area contributed by atoms with Crippen LogP contribution in [0.25, 0.3) is 0 Å². The molecule has 0 aromatic heterocycles. The number of anilines is 1. The maximum absolute atomic E-state index is 12.2. The van der Waals surface area contributed by atoms with Crippen LogP contribution in [0.2, 0.25) is 5.02 Å². The molecule has 5 nitrogen and oxygen atoms in total. The molecule has 1 aromatic rings. The second kappa shape index (κ2) is 6.30. The van der Waals surface area contributed by atoms with Gasteiger partial charge in [-0.2, -0.15) is 0 Å². The molecule has 20 heavy (non-hydrogen) atoms. The molecule has 1 aliphatic rings. The number of hydrogen-bond acceptors (Lipinski definition) is 4. The van der Waals surface area contributed by atoms with Crippen molar-refractivity contribution >= 4 is 27.3 Å². The molecule has 0 heterocycles. The lowest BCUT2D eigenvalue weighted by Gasteiger charge is -2.19. The average Bonchev–Trinajstić information content (AvgIpc) is 3.22. The van der Waals surface area contributed by atoms with Gasteiger partial charge in [-0.05, 0) is 37.6 Å². The van der Waals surface area contributed by atoms with Gasteiger partial charge in [-0.3, -0.25) is 4.90 Å². The number of nitrogens with zero attached hydrogens (tertiary/aromatic N) is 1. The van der Waals surface area contributed by atoms with E-state index in [1.54, 1.807) is 6.07 Å². The van der Waals surface area contributed by atoms with Gasteiger partial charge in [0.25, 0.3) is 0 Å². The highest BCUT2D eigenvalue weighted by molar-refractivity contribution is 7.89. The number of likely N-dealkylation sites (N-methyl/N-ethyl adjacent to an activating group) is 1. The number of nitrogens with one attached hydrogen (secondary N) is 1.